The van der Waals surface area contributed by atoms with Crippen LogP contribution >= 0.6 is 0 Å². The second kappa shape index (κ2) is 8.55. The molecule has 1 saturated carbocycles. The Kier molecular flexibility index (Phi) is 5.48. The van der Waals surface area contributed by atoms with Gasteiger partial charge in [-0.25, -0.2) is 19.5 Å². The molecule has 8 heteroatoms. The van der Waals surface area contributed by atoms with E-state index in [-0.39, 0.29) is 0 Å². The Labute approximate surface area is 176 Å². The van der Waals surface area contributed by atoms with Crippen molar-refractivity contribution in [3.8, 4) is 17.1 Å². The second-order valence-corrected chi connectivity index (χ2v) is 8.30. The van der Waals surface area contributed by atoms with Crippen molar-refractivity contribution >= 4 is 11.6 Å². The largest absolute Gasteiger partial charge is 0.495 e. The Morgan fingerprint density at radius 3 is 2.83 bits per heavy atom. The smallest absolute Gasteiger partial charge is 0.223 e. The van der Waals surface area contributed by atoms with Gasteiger partial charge in [-0.1, -0.05) is 19.3 Å². The minimum absolute atomic E-state index is 0.358. The van der Waals surface area contributed by atoms with Gasteiger partial charge in [0.15, 0.2) is 5.65 Å². The van der Waals surface area contributed by atoms with E-state index in [0.717, 1.165) is 60.8 Å². The summed E-state index contributed by atoms with van der Waals surface area (Å²) in [7, 11) is 1.71. The van der Waals surface area contributed by atoms with E-state index in [1.54, 1.807) is 13.3 Å². The molecular formula is C22H29N7O. The third-order valence-corrected chi connectivity index (χ3v) is 6.24. The van der Waals surface area contributed by atoms with E-state index < -0.39 is 0 Å². The highest BCUT2D eigenvalue weighted by Crippen LogP contribution is 2.37. The van der Waals surface area contributed by atoms with Gasteiger partial charge in [0.05, 0.1) is 19.0 Å². The van der Waals surface area contributed by atoms with Gasteiger partial charge in [0.2, 0.25) is 5.95 Å². The van der Waals surface area contributed by atoms with Crippen molar-refractivity contribution in [3.63, 3.8) is 0 Å². The first kappa shape index (κ1) is 19.2. The van der Waals surface area contributed by atoms with Gasteiger partial charge in [-0.05, 0) is 38.3 Å². The summed E-state index contributed by atoms with van der Waals surface area (Å²) in [4.78, 5) is 13.7. The van der Waals surface area contributed by atoms with Crippen molar-refractivity contribution in [2.75, 3.05) is 25.5 Å². The maximum atomic E-state index is 5.67. The fourth-order valence-corrected chi connectivity index (χ4v) is 4.64. The lowest BCUT2D eigenvalue weighted by Crippen LogP contribution is -2.38. The monoisotopic (exact) mass is 407 g/mol. The van der Waals surface area contributed by atoms with E-state index in [1.807, 2.05) is 22.8 Å². The van der Waals surface area contributed by atoms with Crippen molar-refractivity contribution in [2.24, 2.45) is 0 Å². The summed E-state index contributed by atoms with van der Waals surface area (Å²) in [5.74, 6) is 1.92. The van der Waals surface area contributed by atoms with Crippen LogP contribution in [0.4, 0.5) is 5.95 Å². The second-order valence-electron chi connectivity index (χ2n) is 8.30. The molecule has 1 atom stereocenters. The van der Waals surface area contributed by atoms with Crippen molar-refractivity contribution in [1.82, 2.24) is 29.9 Å². The van der Waals surface area contributed by atoms with E-state index >= 15 is 0 Å². The number of ether oxygens (including phenoxy) is 1. The summed E-state index contributed by atoms with van der Waals surface area (Å²) < 4.78 is 7.57. The molecule has 0 bridgehead atoms. The van der Waals surface area contributed by atoms with E-state index in [9.17, 15) is 0 Å². The molecule has 0 radical (unpaired) electrons. The number of fused-ring (bicyclic) bond motifs is 1. The molecule has 1 aliphatic carbocycles. The quantitative estimate of drug-likeness (QED) is 0.670. The van der Waals surface area contributed by atoms with E-state index in [4.69, 9.17) is 14.8 Å². The number of nitrogens with zero attached hydrogens (tertiary/aromatic N) is 5. The van der Waals surface area contributed by atoms with Gasteiger partial charge in [-0.15, -0.1) is 0 Å². The summed E-state index contributed by atoms with van der Waals surface area (Å²) in [5.41, 5.74) is 3.49. The standard InChI is InChI=1S/C22H29N7O/c1-30-19-12-20-25-14-18(29(20)28-21(19)15-6-3-2-4-7-15)17-9-11-24-22(27-17)26-16-8-5-10-23-13-16/h9,11-12,14-16,23H,2-8,10,13H2,1H3,(H,24,26,27). The number of hydrogen-bond donors (Lipinski definition) is 2. The first-order valence-corrected chi connectivity index (χ1v) is 11.0. The van der Waals surface area contributed by atoms with Crippen LogP contribution in [0.3, 0.4) is 0 Å². The molecule has 5 rings (SSSR count). The molecule has 30 heavy (non-hydrogen) atoms. The van der Waals surface area contributed by atoms with Gasteiger partial charge < -0.3 is 15.4 Å². The molecule has 0 spiro atoms. The summed E-state index contributed by atoms with van der Waals surface area (Å²) >= 11 is 0. The zero-order chi connectivity index (χ0) is 20.3. The zero-order valence-electron chi connectivity index (χ0n) is 17.5. The Balaban J connectivity index is 1.49. The highest BCUT2D eigenvalue weighted by Gasteiger charge is 2.23. The number of imidazole rings is 1. The van der Waals surface area contributed by atoms with Crippen LogP contribution in [0, 0.1) is 0 Å². The molecule has 2 fully saturated rings. The predicted molar refractivity (Wildman–Crippen MR) is 116 cm³/mol. The minimum atomic E-state index is 0.358. The number of rotatable bonds is 5. The highest BCUT2D eigenvalue weighted by molar-refractivity contribution is 5.61. The van der Waals surface area contributed by atoms with E-state index in [1.165, 1.54) is 25.7 Å². The fraction of sp³-hybridized carbons (Fsp3) is 0.545. The molecule has 1 saturated heterocycles. The number of anilines is 1. The molecule has 158 valence electrons. The lowest BCUT2D eigenvalue weighted by Gasteiger charge is -2.23. The van der Waals surface area contributed by atoms with Crippen LogP contribution in [-0.4, -0.2) is 50.8 Å². The SMILES string of the molecule is COc1cc2ncc(-c3ccnc(NC4CCCNC4)n3)n2nc1C1CCCCC1. The first-order valence-electron chi connectivity index (χ1n) is 11.0. The molecule has 8 nitrogen and oxygen atoms in total. The fourth-order valence-electron chi connectivity index (χ4n) is 4.64. The third kappa shape index (κ3) is 3.84. The number of nitrogens with one attached hydrogen (secondary N) is 2. The number of aromatic nitrogens is 5. The molecule has 1 aliphatic heterocycles. The number of piperidine rings is 1. The summed E-state index contributed by atoms with van der Waals surface area (Å²) in [6.45, 7) is 2.02. The Hall–Kier alpha value is -2.74. The molecular weight excluding hydrogens is 378 g/mol. The Morgan fingerprint density at radius 1 is 1.13 bits per heavy atom. The number of methoxy groups -OCH3 is 1. The molecule has 3 aromatic heterocycles. The third-order valence-electron chi connectivity index (χ3n) is 6.24. The van der Waals surface area contributed by atoms with Gasteiger partial charge in [0.1, 0.15) is 17.1 Å². The molecule has 2 aliphatic rings. The van der Waals surface area contributed by atoms with Gasteiger partial charge >= 0.3 is 0 Å². The van der Waals surface area contributed by atoms with Crippen LogP contribution in [-0.2, 0) is 0 Å². The van der Waals surface area contributed by atoms with Gasteiger partial charge in [0, 0.05) is 30.8 Å². The molecule has 4 heterocycles. The molecule has 0 amide bonds. The topological polar surface area (TPSA) is 89.3 Å². The normalized spacial score (nSPS) is 20.4. The summed E-state index contributed by atoms with van der Waals surface area (Å²) in [5, 5.41) is 11.9. The zero-order valence-corrected chi connectivity index (χ0v) is 17.5. The molecule has 0 aromatic carbocycles. The van der Waals surface area contributed by atoms with Crippen LogP contribution in [0.15, 0.2) is 24.5 Å². The maximum absolute atomic E-state index is 5.67. The molecule has 1 unspecified atom stereocenters. The first-order chi connectivity index (χ1) is 14.8. The lowest BCUT2D eigenvalue weighted by molar-refractivity contribution is 0.377. The molecule has 2 N–H and O–H groups in total. The van der Waals surface area contributed by atoms with E-state index in [0.29, 0.717) is 17.9 Å². The van der Waals surface area contributed by atoms with Crippen LogP contribution in [0.2, 0.25) is 0 Å². The van der Waals surface area contributed by atoms with Crippen LogP contribution in [0.1, 0.15) is 56.6 Å². The highest BCUT2D eigenvalue weighted by atomic mass is 16.5. The Morgan fingerprint density at radius 2 is 2.03 bits per heavy atom. The lowest BCUT2D eigenvalue weighted by atomic mass is 9.86. The average Bonchev–Trinajstić information content (AvgIpc) is 3.22. The van der Waals surface area contributed by atoms with E-state index in [2.05, 4.69) is 20.6 Å². The number of hydrogen-bond acceptors (Lipinski definition) is 7. The van der Waals surface area contributed by atoms with Gasteiger partial charge in [-0.3, -0.25) is 0 Å². The maximum Gasteiger partial charge on any atom is 0.223 e. The van der Waals surface area contributed by atoms with Crippen molar-refractivity contribution in [2.45, 2.75) is 56.9 Å². The van der Waals surface area contributed by atoms with Gasteiger partial charge in [0.25, 0.3) is 0 Å². The van der Waals surface area contributed by atoms with Gasteiger partial charge in [-0.2, -0.15) is 5.10 Å². The van der Waals surface area contributed by atoms with Crippen molar-refractivity contribution < 1.29 is 4.74 Å². The van der Waals surface area contributed by atoms with Crippen molar-refractivity contribution in [1.29, 1.82) is 0 Å². The predicted octanol–water partition coefficient (Wildman–Crippen LogP) is 3.41. The Bertz CT molecular complexity index is 1010. The average molecular weight is 408 g/mol. The summed E-state index contributed by atoms with van der Waals surface area (Å²) in [6.07, 6.45) is 12.1. The minimum Gasteiger partial charge on any atom is -0.495 e. The summed E-state index contributed by atoms with van der Waals surface area (Å²) in [6, 6.07) is 4.27. The molecule has 3 aromatic rings. The van der Waals surface area contributed by atoms with Crippen LogP contribution in [0.5, 0.6) is 5.75 Å². The van der Waals surface area contributed by atoms with Crippen LogP contribution < -0.4 is 15.4 Å². The van der Waals surface area contributed by atoms with Crippen LogP contribution in [0.25, 0.3) is 17.0 Å². The van der Waals surface area contributed by atoms with Crippen molar-refractivity contribution in [3.05, 3.63) is 30.2 Å².